The van der Waals surface area contributed by atoms with Gasteiger partial charge in [-0.1, -0.05) is 12.1 Å². The first-order valence-corrected chi connectivity index (χ1v) is 10.4. The number of allylic oxidation sites excluding steroid dienone is 1. The molecule has 3 heterocycles. The number of H-pyrrole nitrogens is 1. The number of amides is 1. The largest absolute Gasteiger partial charge is 0.320 e. The number of nitrogens with zero attached hydrogens (tertiary/aromatic N) is 4. The molecule has 0 radical (unpaired) electrons. The summed E-state index contributed by atoms with van der Waals surface area (Å²) in [6.07, 6.45) is 9.74. The lowest BCUT2D eigenvalue weighted by atomic mass is 10.0. The van der Waals surface area contributed by atoms with Crippen molar-refractivity contribution in [2.75, 3.05) is 25.0 Å². The van der Waals surface area contributed by atoms with Gasteiger partial charge in [0.1, 0.15) is 0 Å². The average molecular weight is 415 g/mol. The second-order valence-corrected chi connectivity index (χ2v) is 7.72. The van der Waals surface area contributed by atoms with Crippen LogP contribution < -0.4 is 5.32 Å². The summed E-state index contributed by atoms with van der Waals surface area (Å²) in [6.45, 7) is 8.80. The van der Waals surface area contributed by atoms with Crippen molar-refractivity contribution in [3.63, 3.8) is 0 Å². The third-order valence-corrected chi connectivity index (χ3v) is 5.44. The Balaban J connectivity index is 1.59. The SMILES string of the molecule is C=N/C=C(\C=C(/C)c1ccc2[nH]nc(C(=O)Nc3ccncc3)c2c1)CN1CCCC1. The molecule has 0 saturated carbocycles. The number of hydrogen-bond donors (Lipinski definition) is 2. The van der Waals surface area contributed by atoms with Gasteiger partial charge in [-0.3, -0.25) is 24.8 Å². The van der Waals surface area contributed by atoms with E-state index in [-0.39, 0.29) is 5.91 Å². The van der Waals surface area contributed by atoms with Crippen LogP contribution in [0.3, 0.4) is 0 Å². The quantitative estimate of drug-likeness (QED) is 0.446. The molecule has 0 spiro atoms. The van der Waals surface area contributed by atoms with Crippen LogP contribution in [0.15, 0.2) is 65.6 Å². The molecule has 0 aliphatic carbocycles. The average Bonchev–Trinajstić information content (AvgIpc) is 3.43. The fourth-order valence-corrected chi connectivity index (χ4v) is 3.86. The van der Waals surface area contributed by atoms with Gasteiger partial charge in [-0.25, -0.2) is 0 Å². The minimum atomic E-state index is -0.262. The molecule has 1 amide bonds. The maximum atomic E-state index is 12.8. The second kappa shape index (κ2) is 9.49. The van der Waals surface area contributed by atoms with E-state index in [0.29, 0.717) is 11.4 Å². The summed E-state index contributed by atoms with van der Waals surface area (Å²) >= 11 is 0. The number of fused-ring (bicyclic) bond motifs is 1. The first-order chi connectivity index (χ1) is 15.1. The predicted molar refractivity (Wildman–Crippen MR) is 125 cm³/mol. The topological polar surface area (TPSA) is 86.3 Å². The Morgan fingerprint density at radius 2 is 2.03 bits per heavy atom. The normalized spacial score (nSPS) is 15.4. The van der Waals surface area contributed by atoms with Gasteiger partial charge in [0.05, 0.1) is 5.52 Å². The third kappa shape index (κ3) is 4.95. The lowest BCUT2D eigenvalue weighted by molar-refractivity contribution is 0.102. The van der Waals surface area contributed by atoms with E-state index in [4.69, 9.17) is 0 Å². The van der Waals surface area contributed by atoms with E-state index in [2.05, 4.69) is 50.1 Å². The molecule has 4 rings (SSSR count). The lowest BCUT2D eigenvalue weighted by Gasteiger charge is -2.15. The number of aliphatic imine (C=N–C) groups is 1. The molecule has 0 bridgehead atoms. The molecule has 3 aromatic rings. The van der Waals surface area contributed by atoms with Crippen molar-refractivity contribution < 1.29 is 4.79 Å². The van der Waals surface area contributed by atoms with Crippen molar-refractivity contribution in [2.24, 2.45) is 4.99 Å². The number of hydrogen-bond acceptors (Lipinski definition) is 5. The molecule has 31 heavy (non-hydrogen) atoms. The molecule has 0 atom stereocenters. The summed E-state index contributed by atoms with van der Waals surface area (Å²) < 4.78 is 0. The van der Waals surface area contributed by atoms with E-state index < -0.39 is 0 Å². The summed E-state index contributed by atoms with van der Waals surface area (Å²) in [6, 6.07) is 9.47. The van der Waals surface area contributed by atoms with Crippen LogP contribution in [0.1, 0.15) is 35.8 Å². The maximum absolute atomic E-state index is 12.8. The smallest absolute Gasteiger partial charge is 0.276 e. The highest BCUT2D eigenvalue weighted by Gasteiger charge is 2.16. The Morgan fingerprint density at radius 1 is 1.26 bits per heavy atom. The van der Waals surface area contributed by atoms with Crippen LogP contribution in [0, 0.1) is 0 Å². The fourth-order valence-electron chi connectivity index (χ4n) is 3.86. The molecule has 7 heteroatoms. The van der Waals surface area contributed by atoms with E-state index in [0.717, 1.165) is 47.2 Å². The zero-order valence-corrected chi connectivity index (χ0v) is 17.6. The Morgan fingerprint density at radius 3 is 2.77 bits per heavy atom. The molecule has 1 saturated heterocycles. The van der Waals surface area contributed by atoms with Gasteiger partial charge in [-0.2, -0.15) is 5.10 Å². The summed E-state index contributed by atoms with van der Waals surface area (Å²) in [4.78, 5) is 23.2. The minimum Gasteiger partial charge on any atom is -0.320 e. The number of nitrogens with one attached hydrogen (secondary N) is 2. The molecule has 1 aliphatic rings. The first kappa shape index (κ1) is 20.7. The van der Waals surface area contributed by atoms with Crippen LogP contribution in [0.25, 0.3) is 16.5 Å². The van der Waals surface area contributed by atoms with Gasteiger partial charge in [0.2, 0.25) is 0 Å². The molecule has 2 N–H and O–H groups in total. The Bertz CT molecular complexity index is 1140. The van der Waals surface area contributed by atoms with Crippen molar-refractivity contribution >= 4 is 34.8 Å². The lowest BCUT2D eigenvalue weighted by Crippen LogP contribution is -2.21. The zero-order valence-electron chi connectivity index (χ0n) is 17.6. The molecule has 158 valence electrons. The van der Waals surface area contributed by atoms with E-state index in [9.17, 15) is 4.79 Å². The third-order valence-electron chi connectivity index (χ3n) is 5.44. The Hall–Kier alpha value is -3.58. The predicted octanol–water partition coefficient (Wildman–Crippen LogP) is 4.29. The zero-order chi connectivity index (χ0) is 21.6. The number of rotatable bonds is 7. The van der Waals surface area contributed by atoms with Gasteiger partial charge < -0.3 is 5.32 Å². The summed E-state index contributed by atoms with van der Waals surface area (Å²) in [5.41, 5.74) is 5.11. The Kier molecular flexibility index (Phi) is 6.33. The molecule has 1 fully saturated rings. The highest BCUT2D eigenvalue weighted by molar-refractivity contribution is 6.11. The van der Waals surface area contributed by atoms with Crippen molar-refractivity contribution in [3.8, 4) is 0 Å². The van der Waals surface area contributed by atoms with Crippen molar-refractivity contribution in [2.45, 2.75) is 19.8 Å². The van der Waals surface area contributed by atoms with Gasteiger partial charge in [0.15, 0.2) is 5.69 Å². The highest BCUT2D eigenvalue weighted by Crippen LogP contribution is 2.24. The molecule has 1 aliphatic heterocycles. The number of likely N-dealkylation sites (tertiary alicyclic amines) is 1. The van der Waals surface area contributed by atoms with Crippen LogP contribution in [-0.4, -0.2) is 52.3 Å². The van der Waals surface area contributed by atoms with Crippen LogP contribution in [0.4, 0.5) is 5.69 Å². The van der Waals surface area contributed by atoms with Crippen LogP contribution in [0.2, 0.25) is 0 Å². The summed E-state index contributed by atoms with van der Waals surface area (Å²) in [5, 5.41) is 10.8. The van der Waals surface area contributed by atoms with Crippen LogP contribution in [0.5, 0.6) is 0 Å². The first-order valence-electron chi connectivity index (χ1n) is 10.4. The monoisotopic (exact) mass is 414 g/mol. The Labute approximate surface area is 181 Å². The highest BCUT2D eigenvalue weighted by atomic mass is 16.1. The molecular weight excluding hydrogens is 388 g/mol. The fraction of sp³-hybridized carbons (Fsp3) is 0.250. The van der Waals surface area contributed by atoms with E-state index >= 15 is 0 Å². The van der Waals surface area contributed by atoms with E-state index in [1.54, 1.807) is 24.5 Å². The number of anilines is 1. The van der Waals surface area contributed by atoms with Gasteiger partial charge in [0.25, 0.3) is 5.91 Å². The second-order valence-electron chi connectivity index (χ2n) is 7.72. The van der Waals surface area contributed by atoms with Gasteiger partial charge >= 0.3 is 0 Å². The molecular formula is C24H26N6O. The molecule has 2 aromatic heterocycles. The number of pyridine rings is 1. The molecule has 0 unspecified atom stereocenters. The maximum Gasteiger partial charge on any atom is 0.276 e. The van der Waals surface area contributed by atoms with Gasteiger partial charge in [0, 0.05) is 36.2 Å². The van der Waals surface area contributed by atoms with Crippen LogP contribution >= 0.6 is 0 Å². The standard InChI is InChI=1S/C24H26N6O/c1-17(13-18(15-25-2)16-30-11-3-4-12-30)19-5-6-22-21(14-19)23(29-28-22)24(31)27-20-7-9-26-10-8-20/h5-10,13-15H,2-4,11-12,16H2,1H3,(H,28,29)(H,26,27,31)/b17-13+,18-15+. The number of aromatic nitrogens is 3. The van der Waals surface area contributed by atoms with Crippen molar-refractivity contribution in [1.82, 2.24) is 20.1 Å². The van der Waals surface area contributed by atoms with Gasteiger partial charge in [-0.15, -0.1) is 0 Å². The summed E-state index contributed by atoms with van der Waals surface area (Å²) in [5.74, 6) is -0.262. The summed E-state index contributed by atoms with van der Waals surface area (Å²) in [7, 11) is 0. The van der Waals surface area contributed by atoms with Gasteiger partial charge in [-0.05, 0) is 80.5 Å². The van der Waals surface area contributed by atoms with Crippen molar-refractivity contribution in [1.29, 1.82) is 0 Å². The van der Waals surface area contributed by atoms with Crippen LogP contribution in [-0.2, 0) is 0 Å². The minimum absolute atomic E-state index is 0.262. The molecule has 7 nitrogen and oxygen atoms in total. The number of carbonyl (C=O) groups excluding carboxylic acids is 1. The van der Waals surface area contributed by atoms with Crippen molar-refractivity contribution in [3.05, 3.63) is 71.8 Å². The number of carbonyl (C=O) groups is 1. The van der Waals surface area contributed by atoms with E-state index in [1.807, 2.05) is 24.4 Å². The number of benzene rings is 1. The molecule has 1 aromatic carbocycles. The van der Waals surface area contributed by atoms with E-state index in [1.165, 1.54) is 12.8 Å². The number of aromatic amines is 1.